The number of hydrogen-bond donors (Lipinski definition) is 3. The molecule has 96 valence electrons. The average molecular weight is 247 g/mol. The van der Waals surface area contributed by atoms with Gasteiger partial charge < -0.3 is 10.1 Å². The smallest absolute Gasteiger partial charge is 0.229 e. The number of aliphatic hydroxyl groups excluding tert-OH is 1. The topological polar surface area (TPSA) is 78.0 Å². The monoisotopic (exact) mass is 247 g/mol. The van der Waals surface area contributed by atoms with Gasteiger partial charge in [0, 0.05) is 0 Å². The highest BCUT2D eigenvalue weighted by Gasteiger charge is 2.15. The molecule has 0 saturated carbocycles. The summed E-state index contributed by atoms with van der Waals surface area (Å²) in [5.41, 5.74) is 1.68. The van der Waals surface area contributed by atoms with Gasteiger partial charge in [-0.3, -0.25) is 10.1 Å². The molecule has 0 bridgehead atoms. The van der Waals surface area contributed by atoms with Crippen LogP contribution in [0.3, 0.4) is 0 Å². The number of imidazole rings is 1. The van der Waals surface area contributed by atoms with E-state index in [2.05, 4.69) is 15.3 Å². The number of aliphatic hydroxyl groups is 1. The van der Waals surface area contributed by atoms with E-state index in [1.54, 1.807) is 0 Å². The quantitative estimate of drug-likeness (QED) is 0.772. The standard InChI is InChI=1S/C13H17N3O2/c1-8(2)11(17)7-12(18)16-13-14-9-5-3-4-6-10(9)15-13/h3-6,8,11,17H,7H2,1-2H3,(H2,14,15,16,18). The van der Waals surface area contributed by atoms with Gasteiger partial charge in [0.15, 0.2) is 0 Å². The number of nitrogens with one attached hydrogen (secondary N) is 2. The van der Waals surface area contributed by atoms with Crippen LogP contribution in [0.1, 0.15) is 20.3 Å². The number of amides is 1. The Balaban J connectivity index is 2.03. The number of carbonyl (C=O) groups is 1. The maximum Gasteiger partial charge on any atom is 0.229 e. The molecule has 1 heterocycles. The SMILES string of the molecule is CC(C)C(O)CC(=O)Nc1nc2ccccc2[nH]1. The number of anilines is 1. The van der Waals surface area contributed by atoms with Gasteiger partial charge in [0.1, 0.15) is 0 Å². The molecule has 0 spiro atoms. The zero-order valence-electron chi connectivity index (χ0n) is 10.5. The molecule has 2 rings (SSSR count). The summed E-state index contributed by atoms with van der Waals surface area (Å²) < 4.78 is 0. The van der Waals surface area contributed by atoms with Crippen LogP contribution in [0, 0.1) is 5.92 Å². The Bertz CT molecular complexity index is 515. The Morgan fingerprint density at radius 2 is 2.17 bits per heavy atom. The van der Waals surface area contributed by atoms with Crippen molar-refractivity contribution in [3.63, 3.8) is 0 Å². The summed E-state index contributed by atoms with van der Waals surface area (Å²) in [5.74, 6) is 0.235. The molecule has 0 saturated heterocycles. The number of benzene rings is 1. The van der Waals surface area contributed by atoms with Gasteiger partial charge in [0.2, 0.25) is 11.9 Å². The van der Waals surface area contributed by atoms with Crippen molar-refractivity contribution in [3.05, 3.63) is 24.3 Å². The predicted molar refractivity (Wildman–Crippen MR) is 70.2 cm³/mol. The van der Waals surface area contributed by atoms with E-state index in [9.17, 15) is 9.90 Å². The molecular weight excluding hydrogens is 230 g/mol. The molecule has 5 nitrogen and oxygen atoms in total. The van der Waals surface area contributed by atoms with E-state index in [0.29, 0.717) is 5.95 Å². The second-order valence-corrected chi connectivity index (χ2v) is 4.67. The van der Waals surface area contributed by atoms with Gasteiger partial charge in [-0.15, -0.1) is 0 Å². The molecule has 5 heteroatoms. The number of carbonyl (C=O) groups excluding carboxylic acids is 1. The van der Waals surface area contributed by atoms with Crippen LogP contribution in [-0.2, 0) is 4.79 Å². The van der Waals surface area contributed by atoms with Crippen LogP contribution >= 0.6 is 0 Å². The Kier molecular flexibility index (Phi) is 3.62. The Morgan fingerprint density at radius 1 is 1.44 bits per heavy atom. The van der Waals surface area contributed by atoms with Crippen LogP contribution in [0.4, 0.5) is 5.95 Å². The molecule has 1 unspecified atom stereocenters. The number of hydrogen-bond acceptors (Lipinski definition) is 3. The lowest BCUT2D eigenvalue weighted by Gasteiger charge is -2.12. The third-order valence-corrected chi connectivity index (χ3v) is 2.81. The Hall–Kier alpha value is -1.88. The minimum atomic E-state index is -0.630. The number of rotatable bonds is 4. The normalized spacial score (nSPS) is 12.9. The van der Waals surface area contributed by atoms with Crippen LogP contribution < -0.4 is 5.32 Å². The molecule has 0 aliphatic heterocycles. The summed E-state index contributed by atoms with van der Waals surface area (Å²) >= 11 is 0. The van der Waals surface area contributed by atoms with Gasteiger partial charge in [-0.2, -0.15) is 0 Å². The lowest BCUT2D eigenvalue weighted by atomic mass is 10.0. The van der Waals surface area contributed by atoms with Crippen LogP contribution in [0.15, 0.2) is 24.3 Å². The number of para-hydroxylation sites is 2. The molecule has 0 fully saturated rings. The minimum absolute atomic E-state index is 0.0615. The number of fused-ring (bicyclic) bond motifs is 1. The van der Waals surface area contributed by atoms with Crippen LogP contribution in [0.5, 0.6) is 0 Å². The van der Waals surface area contributed by atoms with Crippen molar-refractivity contribution < 1.29 is 9.90 Å². The zero-order valence-corrected chi connectivity index (χ0v) is 10.5. The van der Waals surface area contributed by atoms with Gasteiger partial charge >= 0.3 is 0 Å². The fraction of sp³-hybridized carbons (Fsp3) is 0.385. The lowest BCUT2D eigenvalue weighted by Crippen LogP contribution is -2.24. The first kappa shape index (κ1) is 12.6. The Labute approximate surface area is 105 Å². The van der Waals surface area contributed by atoms with E-state index >= 15 is 0 Å². The van der Waals surface area contributed by atoms with E-state index in [4.69, 9.17) is 0 Å². The summed E-state index contributed by atoms with van der Waals surface area (Å²) in [6.07, 6.45) is -0.552. The van der Waals surface area contributed by atoms with E-state index < -0.39 is 6.10 Å². The number of aromatic amines is 1. The van der Waals surface area contributed by atoms with Crippen LogP contribution in [0.25, 0.3) is 11.0 Å². The molecule has 0 radical (unpaired) electrons. The lowest BCUT2D eigenvalue weighted by molar-refractivity contribution is -0.118. The third kappa shape index (κ3) is 2.87. The van der Waals surface area contributed by atoms with Crippen molar-refractivity contribution >= 4 is 22.9 Å². The van der Waals surface area contributed by atoms with Gasteiger partial charge in [-0.25, -0.2) is 4.98 Å². The first-order chi connectivity index (χ1) is 8.56. The van der Waals surface area contributed by atoms with Crippen LogP contribution in [-0.4, -0.2) is 27.1 Å². The van der Waals surface area contributed by atoms with Crippen molar-refractivity contribution in [2.24, 2.45) is 5.92 Å². The zero-order chi connectivity index (χ0) is 13.1. The molecule has 1 aromatic carbocycles. The van der Waals surface area contributed by atoms with Gasteiger partial charge in [-0.05, 0) is 18.1 Å². The van der Waals surface area contributed by atoms with Gasteiger partial charge in [0.25, 0.3) is 0 Å². The first-order valence-corrected chi connectivity index (χ1v) is 5.99. The third-order valence-electron chi connectivity index (χ3n) is 2.81. The summed E-state index contributed by atoms with van der Waals surface area (Å²) in [4.78, 5) is 18.9. The second-order valence-electron chi connectivity index (χ2n) is 4.67. The van der Waals surface area contributed by atoms with Crippen molar-refractivity contribution in [2.45, 2.75) is 26.4 Å². The summed E-state index contributed by atoms with van der Waals surface area (Å²) in [7, 11) is 0. The van der Waals surface area contributed by atoms with E-state index in [1.807, 2.05) is 38.1 Å². The molecule has 18 heavy (non-hydrogen) atoms. The number of H-pyrrole nitrogens is 1. The van der Waals surface area contributed by atoms with E-state index in [1.165, 1.54) is 0 Å². The Morgan fingerprint density at radius 3 is 2.83 bits per heavy atom. The highest BCUT2D eigenvalue weighted by molar-refractivity contribution is 5.91. The van der Waals surface area contributed by atoms with Crippen molar-refractivity contribution in [2.75, 3.05) is 5.32 Å². The van der Waals surface area contributed by atoms with Crippen molar-refractivity contribution in [1.29, 1.82) is 0 Å². The second kappa shape index (κ2) is 5.18. The highest BCUT2D eigenvalue weighted by atomic mass is 16.3. The maximum absolute atomic E-state index is 11.7. The summed E-state index contributed by atoms with van der Waals surface area (Å²) in [5, 5.41) is 12.3. The van der Waals surface area contributed by atoms with Crippen molar-refractivity contribution in [3.8, 4) is 0 Å². The van der Waals surface area contributed by atoms with Gasteiger partial charge in [-0.1, -0.05) is 26.0 Å². The van der Waals surface area contributed by atoms with Crippen LogP contribution in [0.2, 0.25) is 0 Å². The van der Waals surface area contributed by atoms with E-state index in [-0.39, 0.29) is 18.2 Å². The largest absolute Gasteiger partial charge is 0.392 e. The molecule has 1 amide bonds. The minimum Gasteiger partial charge on any atom is -0.392 e. The molecule has 2 aromatic rings. The fourth-order valence-corrected chi connectivity index (χ4v) is 1.62. The fourth-order valence-electron chi connectivity index (χ4n) is 1.62. The van der Waals surface area contributed by atoms with Crippen molar-refractivity contribution in [1.82, 2.24) is 9.97 Å². The molecular formula is C13H17N3O2. The van der Waals surface area contributed by atoms with Gasteiger partial charge in [0.05, 0.1) is 23.6 Å². The molecule has 1 atom stereocenters. The number of nitrogens with zero attached hydrogens (tertiary/aromatic N) is 1. The summed E-state index contributed by atoms with van der Waals surface area (Å²) in [6, 6.07) is 7.54. The molecule has 0 aliphatic carbocycles. The molecule has 3 N–H and O–H groups in total. The highest BCUT2D eigenvalue weighted by Crippen LogP contribution is 2.14. The van der Waals surface area contributed by atoms with E-state index in [0.717, 1.165) is 11.0 Å². The first-order valence-electron chi connectivity index (χ1n) is 5.99. The molecule has 1 aromatic heterocycles. The average Bonchev–Trinajstić information content (AvgIpc) is 2.70. The molecule has 0 aliphatic rings. The maximum atomic E-state index is 11.7. The summed E-state index contributed by atoms with van der Waals surface area (Å²) in [6.45, 7) is 3.75. The number of aromatic nitrogens is 2. The predicted octanol–water partition coefficient (Wildman–Crippen LogP) is 1.91.